The molecule has 1 atom stereocenters. The van der Waals surface area contributed by atoms with Crippen molar-refractivity contribution in [2.75, 3.05) is 0 Å². The Labute approximate surface area is 89.5 Å². The van der Waals surface area contributed by atoms with Gasteiger partial charge in [0.1, 0.15) is 11.2 Å². The Morgan fingerprint density at radius 2 is 2.40 bits per heavy atom. The zero-order valence-electron chi connectivity index (χ0n) is 9.32. The molecule has 0 bridgehead atoms. The zero-order chi connectivity index (χ0) is 11.5. The van der Waals surface area contributed by atoms with E-state index >= 15 is 0 Å². The topological polar surface area (TPSA) is 58.7 Å². The lowest BCUT2D eigenvalue weighted by atomic mass is 9.82. The number of aromatic nitrogens is 2. The fourth-order valence-corrected chi connectivity index (χ4v) is 1.32. The van der Waals surface area contributed by atoms with Crippen molar-refractivity contribution in [1.29, 1.82) is 5.26 Å². The van der Waals surface area contributed by atoms with E-state index in [0.29, 0.717) is 6.42 Å². The largest absolute Gasteiger partial charge is 0.298 e. The van der Waals surface area contributed by atoms with E-state index in [4.69, 9.17) is 5.26 Å². The highest BCUT2D eigenvalue weighted by Crippen LogP contribution is 2.22. The average molecular weight is 205 g/mol. The van der Waals surface area contributed by atoms with Crippen molar-refractivity contribution in [3.05, 3.63) is 18.0 Å². The molecule has 0 aromatic carbocycles. The number of nitriles is 1. The summed E-state index contributed by atoms with van der Waals surface area (Å²) in [6.45, 7) is 5.90. The van der Waals surface area contributed by atoms with Gasteiger partial charge in [0.2, 0.25) is 0 Å². The fourth-order valence-electron chi connectivity index (χ4n) is 1.32. The number of nitrogens with zero attached hydrogens (tertiary/aromatic N) is 3. The van der Waals surface area contributed by atoms with Crippen LogP contribution in [0.2, 0.25) is 0 Å². The Bertz CT molecular complexity index is 402. The first-order chi connectivity index (χ1) is 7.01. The van der Waals surface area contributed by atoms with Crippen LogP contribution in [0.3, 0.4) is 0 Å². The van der Waals surface area contributed by atoms with Crippen LogP contribution >= 0.6 is 0 Å². The molecule has 80 valence electrons. The third kappa shape index (κ3) is 2.44. The van der Waals surface area contributed by atoms with Gasteiger partial charge >= 0.3 is 0 Å². The summed E-state index contributed by atoms with van der Waals surface area (Å²) in [6.07, 6.45) is 4.01. The van der Waals surface area contributed by atoms with Gasteiger partial charge in [-0.25, -0.2) is 0 Å². The van der Waals surface area contributed by atoms with Gasteiger partial charge in [-0.2, -0.15) is 10.4 Å². The SMILES string of the molecule is CCn1cc(CC(C)(C#N)C(C)=O)cn1. The molecule has 1 aromatic rings. The molecular formula is C11H15N3O. The van der Waals surface area contributed by atoms with Gasteiger partial charge in [-0.1, -0.05) is 0 Å². The van der Waals surface area contributed by atoms with Gasteiger partial charge in [-0.3, -0.25) is 9.48 Å². The first-order valence-corrected chi connectivity index (χ1v) is 4.95. The number of hydrogen-bond donors (Lipinski definition) is 0. The zero-order valence-corrected chi connectivity index (χ0v) is 9.32. The van der Waals surface area contributed by atoms with Crippen LogP contribution in [0.15, 0.2) is 12.4 Å². The number of carbonyl (C=O) groups excluding carboxylic acids is 1. The second-order valence-electron chi connectivity index (χ2n) is 3.88. The minimum Gasteiger partial charge on any atom is -0.298 e. The van der Waals surface area contributed by atoms with Crippen molar-refractivity contribution in [3.63, 3.8) is 0 Å². The van der Waals surface area contributed by atoms with Crippen LogP contribution in [0.1, 0.15) is 26.3 Å². The minimum absolute atomic E-state index is 0.103. The maximum Gasteiger partial charge on any atom is 0.150 e. The molecule has 4 nitrogen and oxygen atoms in total. The Hall–Kier alpha value is -1.63. The summed E-state index contributed by atoms with van der Waals surface area (Å²) in [5.41, 5.74) is -0.00202. The Kier molecular flexibility index (Phi) is 3.25. The van der Waals surface area contributed by atoms with Crippen LogP contribution in [-0.2, 0) is 17.8 Å². The molecule has 1 heterocycles. The van der Waals surface area contributed by atoms with Crippen molar-refractivity contribution in [2.45, 2.75) is 33.7 Å². The number of aryl methyl sites for hydroxylation is 1. The molecule has 1 unspecified atom stereocenters. The molecule has 0 radical (unpaired) electrons. The normalized spacial score (nSPS) is 14.3. The third-order valence-electron chi connectivity index (χ3n) is 2.59. The van der Waals surface area contributed by atoms with Crippen molar-refractivity contribution in [1.82, 2.24) is 9.78 Å². The van der Waals surface area contributed by atoms with Crippen molar-refractivity contribution >= 4 is 5.78 Å². The van der Waals surface area contributed by atoms with E-state index < -0.39 is 5.41 Å². The van der Waals surface area contributed by atoms with Gasteiger partial charge in [-0.05, 0) is 26.3 Å². The van der Waals surface area contributed by atoms with E-state index in [-0.39, 0.29) is 5.78 Å². The average Bonchev–Trinajstić information content (AvgIpc) is 2.65. The predicted molar refractivity (Wildman–Crippen MR) is 56.0 cm³/mol. The summed E-state index contributed by atoms with van der Waals surface area (Å²) < 4.78 is 1.78. The van der Waals surface area contributed by atoms with E-state index in [0.717, 1.165) is 12.1 Å². The first kappa shape index (κ1) is 11.4. The molecule has 0 aliphatic rings. The monoisotopic (exact) mass is 205 g/mol. The van der Waals surface area contributed by atoms with Crippen molar-refractivity contribution in [2.24, 2.45) is 5.41 Å². The summed E-state index contributed by atoms with van der Waals surface area (Å²) in [4.78, 5) is 11.3. The van der Waals surface area contributed by atoms with Crippen LogP contribution in [0.25, 0.3) is 0 Å². The Balaban J connectivity index is 2.85. The lowest BCUT2D eigenvalue weighted by Crippen LogP contribution is -2.25. The molecule has 0 fully saturated rings. The molecular weight excluding hydrogens is 190 g/mol. The van der Waals surface area contributed by atoms with E-state index in [2.05, 4.69) is 11.2 Å². The summed E-state index contributed by atoms with van der Waals surface area (Å²) in [5.74, 6) is -0.103. The second kappa shape index (κ2) is 4.26. The number of Topliss-reactive ketones (excluding diaryl/α,β-unsaturated/α-hetero) is 1. The van der Waals surface area contributed by atoms with Gasteiger partial charge < -0.3 is 0 Å². The molecule has 0 N–H and O–H groups in total. The van der Waals surface area contributed by atoms with Gasteiger partial charge in [-0.15, -0.1) is 0 Å². The Morgan fingerprint density at radius 1 is 1.73 bits per heavy atom. The molecule has 0 saturated carbocycles. The highest BCUT2D eigenvalue weighted by Gasteiger charge is 2.30. The summed E-state index contributed by atoms with van der Waals surface area (Å²) in [5, 5.41) is 13.1. The molecule has 0 aliphatic heterocycles. The van der Waals surface area contributed by atoms with Gasteiger partial charge in [0.25, 0.3) is 0 Å². The summed E-state index contributed by atoms with van der Waals surface area (Å²) >= 11 is 0. The number of carbonyl (C=O) groups is 1. The molecule has 1 aromatic heterocycles. The summed E-state index contributed by atoms with van der Waals surface area (Å²) in [6, 6.07) is 2.07. The third-order valence-corrected chi connectivity index (χ3v) is 2.59. The standard InChI is InChI=1S/C11H15N3O/c1-4-14-7-10(6-13-14)5-11(3,8-12)9(2)15/h6-7H,4-5H2,1-3H3. The number of hydrogen-bond acceptors (Lipinski definition) is 3. The molecule has 0 saturated heterocycles. The van der Waals surface area contributed by atoms with E-state index in [1.54, 1.807) is 17.8 Å². The molecule has 15 heavy (non-hydrogen) atoms. The van der Waals surface area contributed by atoms with Gasteiger partial charge in [0.05, 0.1) is 12.3 Å². The molecule has 0 amide bonds. The molecule has 0 spiro atoms. The van der Waals surface area contributed by atoms with E-state index in [1.165, 1.54) is 6.92 Å². The highest BCUT2D eigenvalue weighted by molar-refractivity contribution is 5.85. The number of ketones is 1. The second-order valence-corrected chi connectivity index (χ2v) is 3.88. The van der Waals surface area contributed by atoms with Gasteiger partial charge in [0, 0.05) is 19.2 Å². The van der Waals surface area contributed by atoms with Crippen LogP contribution in [-0.4, -0.2) is 15.6 Å². The van der Waals surface area contributed by atoms with Gasteiger partial charge in [0.15, 0.2) is 0 Å². The lowest BCUT2D eigenvalue weighted by Gasteiger charge is -2.16. The smallest absolute Gasteiger partial charge is 0.150 e. The van der Waals surface area contributed by atoms with E-state index in [1.807, 2.05) is 13.1 Å². The van der Waals surface area contributed by atoms with Crippen LogP contribution < -0.4 is 0 Å². The van der Waals surface area contributed by atoms with Crippen LogP contribution in [0.5, 0.6) is 0 Å². The van der Waals surface area contributed by atoms with Crippen LogP contribution in [0.4, 0.5) is 0 Å². The quantitative estimate of drug-likeness (QED) is 0.749. The lowest BCUT2D eigenvalue weighted by molar-refractivity contribution is -0.123. The maximum atomic E-state index is 11.3. The van der Waals surface area contributed by atoms with Crippen LogP contribution in [0, 0.1) is 16.7 Å². The van der Waals surface area contributed by atoms with E-state index in [9.17, 15) is 4.79 Å². The molecule has 0 aliphatic carbocycles. The number of rotatable bonds is 4. The Morgan fingerprint density at radius 3 is 2.80 bits per heavy atom. The molecule has 1 rings (SSSR count). The summed E-state index contributed by atoms with van der Waals surface area (Å²) in [7, 11) is 0. The maximum absolute atomic E-state index is 11.3. The minimum atomic E-state index is -0.929. The fraction of sp³-hybridized carbons (Fsp3) is 0.545. The van der Waals surface area contributed by atoms with Crippen molar-refractivity contribution in [3.8, 4) is 6.07 Å². The predicted octanol–water partition coefficient (Wildman–Crippen LogP) is 1.56. The first-order valence-electron chi connectivity index (χ1n) is 4.95. The van der Waals surface area contributed by atoms with Crippen molar-refractivity contribution < 1.29 is 4.79 Å². The molecule has 4 heteroatoms. The highest BCUT2D eigenvalue weighted by atomic mass is 16.1.